The molecule has 0 saturated carbocycles. The van der Waals surface area contributed by atoms with E-state index >= 15 is 0 Å². The van der Waals surface area contributed by atoms with Gasteiger partial charge in [-0.3, -0.25) is 0 Å². The highest BCUT2D eigenvalue weighted by molar-refractivity contribution is 7.89. The van der Waals surface area contributed by atoms with Gasteiger partial charge in [-0.15, -0.1) is 0 Å². The van der Waals surface area contributed by atoms with Crippen molar-refractivity contribution in [3.63, 3.8) is 0 Å². The summed E-state index contributed by atoms with van der Waals surface area (Å²) < 4.78 is 38.2. The minimum absolute atomic E-state index is 0.0807. The first-order valence-corrected chi connectivity index (χ1v) is 7.74. The maximum Gasteiger partial charge on any atom is 0.214 e. The van der Waals surface area contributed by atoms with Crippen LogP contribution in [0.1, 0.15) is 12.0 Å². The molecule has 1 aromatic carbocycles. The maximum atomic E-state index is 11.4. The molecule has 7 heteroatoms. The number of ether oxygens (including phenoxy) is 3. The lowest BCUT2D eigenvalue weighted by Crippen LogP contribution is -2.32. The summed E-state index contributed by atoms with van der Waals surface area (Å²) in [7, 11) is 0.964. The highest BCUT2D eigenvalue weighted by atomic mass is 32.2. The molecule has 6 nitrogen and oxygen atoms in total. The van der Waals surface area contributed by atoms with E-state index in [-0.39, 0.29) is 6.61 Å². The molecular formula is C13H21NO5S. The monoisotopic (exact) mass is 303 g/mol. The Bertz CT molecular complexity index is 530. The topological polar surface area (TPSA) is 87.8 Å². The first-order chi connectivity index (χ1) is 9.42. The summed E-state index contributed by atoms with van der Waals surface area (Å²) >= 11 is 0. The number of rotatable bonds is 8. The van der Waals surface area contributed by atoms with Gasteiger partial charge in [-0.25, -0.2) is 13.6 Å². The number of methoxy groups -OCH3 is 3. The lowest BCUT2D eigenvalue weighted by Gasteiger charge is -2.15. The number of hydrogen-bond acceptors (Lipinski definition) is 5. The molecule has 114 valence electrons. The number of benzene rings is 1. The Kier molecular flexibility index (Phi) is 6.25. The minimum Gasteiger partial charge on any atom is -0.497 e. The molecule has 1 rings (SSSR count). The van der Waals surface area contributed by atoms with Crippen molar-refractivity contribution in [3.05, 3.63) is 23.8 Å². The molecule has 0 spiro atoms. The van der Waals surface area contributed by atoms with Crippen molar-refractivity contribution in [2.24, 2.45) is 5.14 Å². The van der Waals surface area contributed by atoms with Crippen molar-refractivity contribution in [1.29, 1.82) is 0 Å². The van der Waals surface area contributed by atoms with E-state index < -0.39 is 15.3 Å². The van der Waals surface area contributed by atoms with E-state index in [4.69, 9.17) is 19.3 Å². The highest BCUT2D eigenvalue weighted by Gasteiger charge is 2.21. The van der Waals surface area contributed by atoms with Gasteiger partial charge in [0.2, 0.25) is 10.0 Å². The van der Waals surface area contributed by atoms with Crippen LogP contribution in [0.3, 0.4) is 0 Å². The SMILES string of the molecule is COCC(CCc1ccc(OC)cc1OC)S(N)(=O)=O. The van der Waals surface area contributed by atoms with Crippen LogP contribution in [0.15, 0.2) is 18.2 Å². The van der Waals surface area contributed by atoms with Crippen LogP contribution in [-0.4, -0.2) is 41.6 Å². The summed E-state index contributed by atoms with van der Waals surface area (Å²) in [6, 6.07) is 5.42. The predicted molar refractivity (Wildman–Crippen MR) is 76.6 cm³/mol. The second kappa shape index (κ2) is 7.47. The molecule has 0 bridgehead atoms. The van der Waals surface area contributed by atoms with Gasteiger partial charge in [0.1, 0.15) is 11.5 Å². The predicted octanol–water partition coefficient (Wildman–Crippen LogP) is 0.940. The normalized spacial score (nSPS) is 13.0. The van der Waals surface area contributed by atoms with Crippen LogP contribution in [-0.2, 0) is 21.2 Å². The van der Waals surface area contributed by atoms with Gasteiger partial charge in [-0.05, 0) is 24.5 Å². The molecular weight excluding hydrogens is 282 g/mol. The van der Waals surface area contributed by atoms with Gasteiger partial charge >= 0.3 is 0 Å². The summed E-state index contributed by atoms with van der Waals surface area (Å²) in [6.45, 7) is 0.0807. The third kappa shape index (κ3) is 4.66. The summed E-state index contributed by atoms with van der Waals surface area (Å²) in [5, 5.41) is 4.46. The van der Waals surface area contributed by atoms with E-state index in [2.05, 4.69) is 0 Å². The van der Waals surface area contributed by atoms with Crippen LogP contribution in [0.4, 0.5) is 0 Å². The van der Waals surface area contributed by atoms with Crippen LogP contribution in [0.25, 0.3) is 0 Å². The Morgan fingerprint density at radius 2 is 1.90 bits per heavy atom. The quantitative estimate of drug-likeness (QED) is 0.772. The Labute approximate surface area is 119 Å². The second-order valence-electron chi connectivity index (χ2n) is 4.38. The fourth-order valence-corrected chi connectivity index (χ4v) is 2.68. The molecule has 0 heterocycles. The first-order valence-electron chi connectivity index (χ1n) is 6.13. The van der Waals surface area contributed by atoms with Crippen molar-refractivity contribution in [3.8, 4) is 11.5 Å². The number of primary sulfonamides is 1. The smallest absolute Gasteiger partial charge is 0.214 e. The maximum absolute atomic E-state index is 11.4. The Morgan fingerprint density at radius 3 is 2.40 bits per heavy atom. The zero-order valence-electron chi connectivity index (χ0n) is 12.0. The van der Waals surface area contributed by atoms with E-state index in [1.807, 2.05) is 6.07 Å². The van der Waals surface area contributed by atoms with Crippen LogP contribution >= 0.6 is 0 Å². The molecule has 0 fully saturated rings. The van der Waals surface area contributed by atoms with E-state index in [1.165, 1.54) is 7.11 Å². The van der Waals surface area contributed by atoms with Crippen LogP contribution < -0.4 is 14.6 Å². The van der Waals surface area contributed by atoms with Gasteiger partial charge in [-0.1, -0.05) is 6.07 Å². The fourth-order valence-electron chi connectivity index (χ4n) is 1.90. The molecule has 1 unspecified atom stereocenters. The van der Waals surface area contributed by atoms with Crippen molar-refractivity contribution >= 4 is 10.0 Å². The van der Waals surface area contributed by atoms with Gasteiger partial charge in [0, 0.05) is 13.2 Å². The van der Waals surface area contributed by atoms with E-state index in [9.17, 15) is 8.42 Å². The van der Waals surface area contributed by atoms with Crippen molar-refractivity contribution in [2.45, 2.75) is 18.1 Å². The van der Waals surface area contributed by atoms with Gasteiger partial charge in [0.25, 0.3) is 0 Å². The van der Waals surface area contributed by atoms with Gasteiger partial charge in [0.05, 0.1) is 26.1 Å². The summed E-state index contributed by atoms with van der Waals surface area (Å²) in [6.07, 6.45) is 0.896. The molecule has 20 heavy (non-hydrogen) atoms. The third-order valence-electron chi connectivity index (χ3n) is 3.05. The molecule has 2 N–H and O–H groups in total. The van der Waals surface area contributed by atoms with Gasteiger partial charge in [0.15, 0.2) is 0 Å². The summed E-state index contributed by atoms with van der Waals surface area (Å²) in [5.74, 6) is 1.35. The molecule has 0 aliphatic heterocycles. The van der Waals surface area contributed by atoms with Gasteiger partial charge in [-0.2, -0.15) is 0 Å². The summed E-state index contributed by atoms with van der Waals surface area (Å²) in [4.78, 5) is 0. The molecule has 0 aliphatic rings. The van der Waals surface area contributed by atoms with Crippen molar-refractivity contribution in [2.75, 3.05) is 27.9 Å². The molecule has 0 aliphatic carbocycles. The molecule has 0 radical (unpaired) electrons. The zero-order valence-corrected chi connectivity index (χ0v) is 12.8. The summed E-state index contributed by atoms with van der Waals surface area (Å²) in [5.41, 5.74) is 0.901. The lowest BCUT2D eigenvalue weighted by atomic mass is 10.1. The van der Waals surface area contributed by atoms with E-state index in [0.29, 0.717) is 24.3 Å². The second-order valence-corrected chi connectivity index (χ2v) is 6.23. The highest BCUT2D eigenvalue weighted by Crippen LogP contribution is 2.26. The number of hydrogen-bond donors (Lipinski definition) is 1. The van der Waals surface area contributed by atoms with Crippen molar-refractivity contribution < 1.29 is 22.6 Å². The first kappa shape index (κ1) is 16.7. The van der Waals surface area contributed by atoms with Crippen LogP contribution in [0.5, 0.6) is 11.5 Å². The average Bonchev–Trinajstić information content (AvgIpc) is 2.42. The fraction of sp³-hybridized carbons (Fsp3) is 0.538. The molecule has 1 atom stereocenters. The number of sulfonamides is 1. The Hall–Kier alpha value is -1.31. The molecule has 0 saturated heterocycles. The van der Waals surface area contributed by atoms with E-state index in [1.54, 1.807) is 26.4 Å². The van der Waals surface area contributed by atoms with Crippen LogP contribution in [0, 0.1) is 0 Å². The zero-order chi connectivity index (χ0) is 15.2. The molecule has 0 aromatic heterocycles. The Balaban J connectivity index is 2.82. The number of aryl methyl sites for hydroxylation is 1. The average molecular weight is 303 g/mol. The third-order valence-corrected chi connectivity index (χ3v) is 4.35. The minimum atomic E-state index is -3.62. The number of nitrogens with two attached hydrogens (primary N) is 1. The molecule has 0 amide bonds. The standard InChI is InChI=1S/C13H21NO5S/c1-17-9-12(20(14,15)16)7-5-10-4-6-11(18-2)8-13(10)19-3/h4,6,8,12H,5,7,9H2,1-3H3,(H2,14,15,16). The molecule has 1 aromatic rings. The van der Waals surface area contributed by atoms with Gasteiger partial charge < -0.3 is 14.2 Å². The van der Waals surface area contributed by atoms with E-state index in [0.717, 1.165) is 5.56 Å². The largest absolute Gasteiger partial charge is 0.497 e. The van der Waals surface area contributed by atoms with Crippen molar-refractivity contribution in [1.82, 2.24) is 0 Å². The van der Waals surface area contributed by atoms with Crippen LogP contribution in [0.2, 0.25) is 0 Å². The Morgan fingerprint density at radius 1 is 1.20 bits per heavy atom. The lowest BCUT2D eigenvalue weighted by molar-refractivity contribution is 0.194.